The molecule has 0 saturated heterocycles. The first-order valence-electron chi connectivity index (χ1n) is 4.07. The zero-order valence-electron chi connectivity index (χ0n) is 6.81. The van der Waals surface area contributed by atoms with Crippen molar-refractivity contribution >= 4 is 0 Å². The van der Waals surface area contributed by atoms with Gasteiger partial charge >= 0.3 is 0 Å². The summed E-state index contributed by atoms with van der Waals surface area (Å²) in [5, 5.41) is 0. The second-order valence-electron chi connectivity index (χ2n) is 3.27. The Balaban J connectivity index is 2.19. The van der Waals surface area contributed by atoms with Crippen LogP contribution < -0.4 is 5.73 Å². The number of rotatable bonds is 3. The summed E-state index contributed by atoms with van der Waals surface area (Å²) < 4.78 is 5.21. The van der Waals surface area contributed by atoms with Crippen molar-refractivity contribution in [1.29, 1.82) is 0 Å². The van der Waals surface area contributed by atoms with Crippen LogP contribution in [-0.4, -0.2) is 18.8 Å². The highest BCUT2D eigenvalue weighted by molar-refractivity contribution is 4.90. The van der Waals surface area contributed by atoms with Crippen molar-refractivity contribution < 1.29 is 4.74 Å². The zero-order valence-corrected chi connectivity index (χ0v) is 6.81. The number of hydrogen-bond donors (Lipinski definition) is 1. The first-order valence-corrected chi connectivity index (χ1v) is 4.07. The molecule has 2 N–H and O–H groups in total. The normalized spacial score (nSPS) is 21.5. The van der Waals surface area contributed by atoms with Crippen molar-refractivity contribution in [2.24, 2.45) is 5.73 Å². The molecule has 0 aromatic heterocycles. The Morgan fingerprint density at radius 1 is 1.45 bits per heavy atom. The minimum absolute atomic E-state index is 0.0726. The van der Waals surface area contributed by atoms with Crippen molar-refractivity contribution in [2.45, 2.75) is 31.2 Å². The van der Waals surface area contributed by atoms with Gasteiger partial charge in [-0.15, -0.1) is 6.42 Å². The lowest BCUT2D eigenvalue weighted by Crippen LogP contribution is -2.41. The van der Waals surface area contributed by atoms with Crippen LogP contribution in [0.1, 0.15) is 25.7 Å². The third-order valence-electron chi connectivity index (χ3n) is 2.17. The van der Waals surface area contributed by atoms with E-state index in [-0.39, 0.29) is 5.54 Å². The highest BCUT2D eigenvalue weighted by Crippen LogP contribution is 2.26. The maximum Gasteiger partial charge on any atom is 0.107 e. The van der Waals surface area contributed by atoms with Gasteiger partial charge in [-0.2, -0.15) is 0 Å². The van der Waals surface area contributed by atoms with E-state index < -0.39 is 0 Å². The molecule has 0 spiro atoms. The third kappa shape index (κ3) is 2.53. The Bertz CT molecular complexity index is 153. The fourth-order valence-electron chi connectivity index (χ4n) is 1.54. The molecule has 1 fully saturated rings. The van der Waals surface area contributed by atoms with Gasteiger partial charge in [-0.1, -0.05) is 18.8 Å². The van der Waals surface area contributed by atoms with Gasteiger partial charge in [0, 0.05) is 5.54 Å². The van der Waals surface area contributed by atoms with E-state index in [1.165, 1.54) is 12.8 Å². The SMILES string of the molecule is C#CCOCC1(N)CCCC1. The topological polar surface area (TPSA) is 35.2 Å². The molecule has 0 unspecified atom stereocenters. The summed E-state index contributed by atoms with van der Waals surface area (Å²) in [5.41, 5.74) is 5.93. The Kier molecular flexibility index (Phi) is 2.92. The number of ether oxygens (including phenoxy) is 1. The van der Waals surface area contributed by atoms with Crippen LogP contribution in [0.4, 0.5) is 0 Å². The summed E-state index contributed by atoms with van der Waals surface area (Å²) in [4.78, 5) is 0. The van der Waals surface area contributed by atoms with Crippen LogP contribution in [0.3, 0.4) is 0 Å². The van der Waals surface area contributed by atoms with Crippen LogP contribution in [0.2, 0.25) is 0 Å². The molecule has 62 valence electrons. The zero-order chi connectivity index (χ0) is 8.16. The van der Waals surface area contributed by atoms with E-state index in [4.69, 9.17) is 16.9 Å². The highest BCUT2D eigenvalue weighted by atomic mass is 16.5. The molecule has 11 heavy (non-hydrogen) atoms. The van der Waals surface area contributed by atoms with E-state index in [2.05, 4.69) is 5.92 Å². The summed E-state index contributed by atoms with van der Waals surface area (Å²) in [7, 11) is 0. The van der Waals surface area contributed by atoms with Crippen molar-refractivity contribution in [3.05, 3.63) is 0 Å². The van der Waals surface area contributed by atoms with Gasteiger partial charge in [0.1, 0.15) is 6.61 Å². The highest BCUT2D eigenvalue weighted by Gasteiger charge is 2.29. The van der Waals surface area contributed by atoms with Gasteiger partial charge in [0.15, 0.2) is 0 Å². The molecule has 0 aromatic rings. The van der Waals surface area contributed by atoms with Gasteiger partial charge in [-0.05, 0) is 12.8 Å². The van der Waals surface area contributed by atoms with E-state index >= 15 is 0 Å². The predicted molar refractivity (Wildman–Crippen MR) is 45.0 cm³/mol. The van der Waals surface area contributed by atoms with Crippen molar-refractivity contribution in [3.8, 4) is 12.3 Å². The van der Waals surface area contributed by atoms with Crippen molar-refractivity contribution in [1.82, 2.24) is 0 Å². The van der Waals surface area contributed by atoms with E-state index in [9.17, 15) is 0 Å². The molecule has 0 radical (unpaired) electrons. The Labute approximate surface area is 68.1 Å². The second-order valence-corrected chi connectivity index (χ2v) is 3.27. The molecular formula is C9H15NO. The lowest BCUT2D eigenvalue weighted by Gasteiger charge is -2.22. The van der Waals surface area contributed by atoms with Gasteiger partial charge in [0.2, 0.25) is 0 Å². The maximum atomic E-state index is 6.01. The summed E-state index contributed by atoms with van der Waals surface area (Å²) >= 11 is 0. The van der Waals surface area contributed by atoms with Crippen LogP contribution in [0.25, 0.3) is 0 Å². The third-order valence-corrected chi connectivity index (χ3v) is 2.17. The molecule has 0 heterocycles. The lowest BCUT2D eigenvalue weighted by molar-refractivity contribution is 0.112. The van der Waals surface area contributed by atoms with Crippen molar-refractivity contribution in [3.63, 3.8) is 0 Å². The van der Waals surface area contributed by atoms with Crippen LogP contribution >= 0.6 is 0 Å². The first kappa shape index (κ1) is 8.58. The molecule has 1 aliphatic rings. The van der Waals surface area contributed by atoms with Gasteiger partial charge in [-0.3, -0.25) is 0 Å². The van der Waals surface area contributed by atoms with E-state index in [1.54, 1.807) is 0 Å². The molecule has 2 nitrogen and oxygen atoms in total. The standard InChI is InChI=1S/C9H15NO/c1-2-7-11-8-9(10)5-3-4-6-9/h1H,3-8,10H2. The van der Waals surface area contributed by atoms with Gasteiger partial charge < -0.3 is 10.5 Å². The number of terminal acetylenes is 1. The molecular weight excluding hydrogens is 138 g/mol. The van der Waals surface area contributed by atoms with Gasteiger partial charge in [0.05, 0.1) is 6.61 Å². The first-order chi connectivity index (χ1) is 5.27. The van der Waals surface area contributed by atoms with Gasteiger partial charge in [0.25, 0.3) is 0 Å². The van der Waals surface area contributed by atoms with E-state index in [0.29, 0.717) is 13.2 Å². The number of nitrogens with two attached hydrogens (primary N) is 1. The van der Waals surface area contributed by atoms with Crippen LogP contribution in [-0.2, 0) is 4.74 Å². The fraction of sp³-hybridized carbons (Fsp3) is 0.778. The molecule has 0 amide bonds. The smallest absolute Gasteiger partial charge is 0.107 e. The molecule has 1 saturated carbocycles. The monoisotopic (exact) mass is 153 g/mol. The Morgan fingerprint density at radius 3 is 2.64 bits per heavy atom. The Morgan fingerprint density at radius 2 is 2.09 bits per heavy atom. The molecule has 0 aliphatic heterocycles. The fourth-order valence-corrected chi connectivity index (χ4v) is 1.54. The van der Waals surface area contributed by atoms with E-state index in [1.807, 2.05) is 0 Å². The van der Waals surface area contributed by atoms with Crippen molar-refractivity contribution in [2.75, 3.05) is 13.2 Å². The average Bonchev–Trinajstić information content (AvgIpc) is 2.38. The molecule has 0 bridgehead atoms. The maximum absolute atomic E-state index is 6.01. The molecule has 0 atom stereocenters. The van der Waals surface area contributed by atoms with Crippen LogP contribution in [0.15, 0.2) is 0 Å². The van der Waals surface area contributed by atoms with Gasteiger partial charge in [-0.25, -0.2) is 0 Å². The quantitative estimate of drug-likeness (QED) is 0.483. The summed E-state index contributed by atoms with van der Waals surface area (Å²) in [6.07, 6.45) is 9.67. The molecule has 0 aromatic carbocycles. The molecule has 1 rings (SSSR count). The van der Waals surface area contributed by atoms with E-state index in [0.717, 1.165) is 12.8 Å². The second kappa shape index (κ2) is 3.75. The number of hydrogen-bond acceptors (Lipinski definition) is 2. The van der Waals surface area contributed by atoms with Crippen LogP contribution in [0.5, 0.6) is 0 Å². The summed E-state index contributed by atoms with van der Waals surface area (Å²) in [6, 6.07) is 0. The largest absolute Gasteiger partial charge is 0.367 e. The Hall–Kier alpha value is -0.520. The average molecular weight is 153 g/mol. The predicted octanol–water partition coefficient (Wildman–Crippen LogP) is 0.908. The molecule has 1 aliphatic carbocycles. The van der Waals surface area contributed by atoms with Crippen LogP contribution in [0, 0.1) is 12.3 Å². The minimum Gasteiger partial charge on any atom is -0.367 e. The summed E-state index contributed by atoms with van der Waals surface area (Å²) in [6.45, 7) is 1.01. The lowest BCUT2D eigenvalue weighted by atomic mass is 10.0. The molecule has 2 heteroatoms. The summed E-state index contributed by atoms with van der Waals surface area (Å²) in [5.74, 6) is 2.43. The minimum atomic E-state index is -0.0726.